The van der Waals surface area contributed by atoms with Crippen molar-refractivity contribution in [2.24, 2.45) is 5.41 Å². The Hall–Kier alpha value is -0.710. The van der Waals surface area contributed by atoms with Crippen LogP contribution in [0.25, 0.3) is 0 Å². The number of amides is 1. The Balaban J connectivity index is 3.02. The molecular formula is C10H17NO3S. The van der Waals surface area contributed by atoms with Crippen molar-refractivity contribution in [3.8, 4) is 0 Å². The van der Waals surface area contributed by atoms with E-state index in [0.29, 0.717) is 12.2 Å². The van der Waals surface area contributed by atoms with E-state index < -0.39 is 11.5 Å². The van der Waals surface area contributed by atoms with E-state index in [2.05, 4.69) is 0 Å². The van der Waals surface area contributed by atoms with Gasteiger partial charge in [-0.05, 0) is 12.3 Å². The summed E-state index contributed by atoms with van der Waals surface area (Å²) in [7, 11) is 0. The molecule has 15 heavy (non-hydrogen) atoms. The molecule has 1 fully saturated rings. The second-order valence-electron chi connectivity index (χ2n) is 5.12. The van der Waals surface area contributed by atoms with Gasteiger partial charge in [-0.3, -0.25) is 4.79 Å². The smallest absolute Gasteiger partial charge is 0.330 e. The van der Waals surface area contributed by atoms with Gasteiger partial charge in [0.1, 0.15) is 5.54 Å². The number of carbonyl (C=O) groups is 2. The van der Waals surface area contributed by atoms with Crippen molar-refractivity contribution in [2.45, 2.75) is 38.6 Å². The predicted octanol–water partition coefficient (Wildman–Crippen LogP) is 1.41. The molecule has 1 aliphatic rings. The van der Waals surface area contributed by atoms with Crippen LogP contribution in [-0.4, -0.2) is 39.1 Å². The number of aliphatic carboxylic acids is 1. The second kappa shape index (κ2) is 3.70. The third-order valence-corrected chi connectivity index (χ3v) is 4.64. The highest BCUT2D eigenvalue weighted by Gasteiger charge is 2.51. The minimum absolute atomic E-state index is 0.0731. The Morgan fingerprint density at radius 3 is 2.47 bits per heavy atom. The number of carboxylic acid groups (broad SMARTS) is 1. The van der Waals surface area contributed by atoms with E-state index in [1.807, 2.05) is 20.8 Å². The summed E-state index contributed by atoms with van der Waals surface area (Å²) >= 11 is 1.53. The number of carboxylic acids is 1. The molecule has 2 atom stereocenters. The third-order valence-electron chi connectivity index (χ3n) is 2.66. The van der Waals surface area contributed by atoms with Gasteiger partial charge in [0, 0.05) is 5.75 Å². The van der Waals surface area contributed by atoms with Crippen LogP contribution in [0.15, 0.2) is 0 Å². The molecule has 1 rings (SSSR count). The van der Waals surface area contributed by atoms with Gasteiger partial charge in [-0.1, -0.05) is 20.8 Å². The normalized spacial score (nSPS) is 31.7. The van der Waals surface area contributed by atoms with E-state index in [4.69, 9.17) is 5.11 Å². The SMILES string of the molecule is CC(C)(C)[C@@H]1SC[C@](C)(C(=O)O)N1C=O. The zero-order valence-electron chi connectivity index (χ0n) is 9.48. The lowest BCUT2D eigenvalue weighted by molar-refractivity contribution is -0.153. The second-order valence-corrected chi connectivity index (χ2v) is 6.19. The van der Waals surface area contributed by atoms with Crippen LogP contribution >= 0.6 is 11.8 Å². The lowest BCUT2D eigenvalue weighted by Crippen LogP contribution is -2.54. The molecular weight excluding hydrogens is 214 g/mol. The van der Waals surface area contributed by atoms with Gasteiger partial charge in [-0.2, -0.15) is 0 Å². The van der Waals surface area contributed by atoms with Gasteiger partial charge in [0.05, 0.1) is 5.37 Å². The number of hydrogen-bond donors (Lipinski definition) is 1. The molecule has 0 bridgehead atoms. The molecule has 1 aliphatic heterocycles. The Bertz CT molecular complexity index is 287. The quantitative estimate of drug-likeness (QED) is 0.730. The molecule has 0 radical (unpaired) electrons. The van der Waals surface area contributed by atoms with Crippen LogP contribution in [0.4, 0.5) is 0 Å². The summed E-state index contributed by atoms with van der Waals surface area (Å²) in [5.74, 6) is -0.489. The van der Waals surface area contributed by atoms with E-state index in [9.17, 15) is 9.59 Å². The van der Waals surface area contributed by atoms with Gasteiger partial charge in [-0.15, -0.1) is 11.8 Å². The van der Waals surface area contributed by atoms with Crippen molar-refractivity contribution in [1.29, 1.82) is 0 Å². The Morgan fingerprint density at radius 2 is 2.13 bits per heavy atom. The Morgan fingerprint density at radius 1 is 1.60 bits per heavy atom. The summed E-state index contributed by atoms with van der Waals surface area (Å²) in [5, 5.41) is 9.07. The first kappa shape index (κ1) is 12.4. The van der Waals surface area contributed by atoms with Crippen LogP contribution in [0.3, 0.4) is 0 Å². The van der Waals surface area contributed by atoms with Gasteiger partial charge in [0.25, 0.3) is 0 Å². The number of carbonyl (C=O) groups excluding carboxylic acids is 1. The topological polar surface area (TPSA) is 57.6 Å². The molecule has 5 heteroatoms. The van der Waals surface area contributed by atoms with Gasteiger partial charge < -0.3 is 10.0 Å². The summed E-state index contributed by atoms with van der Waals surface area (Å²) in [6.07, 6.45) is 0.657. The highest BCUT2D eigenvalue weighted by Crippen LogP contribution is 2.44. The van der Waals surface area contributed by atoms with E-state index >= 15 is 0 Å². The number of nitrogens with zero attached hydrogens (tertiary/aromatic N) is 1. The summed E-state index contributed by atoms with van der Waals surface area (Å²) < 4.78 is 0. The Labute approximate surface area is 94.0 Å². The number of thioether (sulfide) groups is 1. The fourth-order valence-corrected chi connectivity index (χ4v) is 3.36. The molecule has 1 saturated heterocycles. The summed E-state index contributed by atoms with van der Waals surface area (Å²) in [4.78, 5) is 23.6. The number of hydrogen-bond acceptors (Lipinski definition) is 3. The molecule has 0 aromatic carbocycles. The van der Waals surface area contributed by atoms with E-state index in [0.717, 1.165) is 0 Å². The van der Waals surface area contributed by atoms with Gasteiger partial charge in [-0.25, -0.2) is 4.79 Å². The summed E-state index contributed by atoms with van der Waals surface area (Å²) in [6.45, 7) is 7.63. The zero-order valence-corrected chi connectivity index (χ0v) is 10.3. The lowest BCUT2D eigenvalue weighted by Gasteiger charge is -2.37. The van der Waals surface area contributed by atoms with E-state index in [1.165, 1.54) is 16.7 Å². The fraction of sp³-hybridized carbons (Fsp3) is 0.800. The van der Waals surface area contributed by atoms with Crippen molar-refractivity contribution in [3.63, 3.8) is 0 Å². The van der Waals surface area contributed by atoms with Crippen molar-refractivity contribution in [3.05, 3.63) is 0 Å². The molecule has 0 aromatic heterocycles. The number of rotatable bonds is 2. The van der Waals surface area contributed by atoms with Gasteiger partial charge >= 0.3 is 5.97 Å². The molecule has 0 aliphatic carbocycles. The maximum Gasteiger partial charge on any atom is 0.330 e. The minimum Gasteiger partial charge on any atom is -0.479 e. The van der Waals surface area contributed by atoms with Crippen LogP contribution in [-0.2, 0) is 9.59 Å². The molecule has 0 saturated carbocycles. The lowest BCUT2D eigenvalue weighted by atomic mass is 9.93. The molecule has 0 aromatic rings. The zero-order chi connectivity index (χ0) is 11.9. The highest BCUT2D eigenvalue weighted by molar-refractivity contribution is 8.00. The van der Waals surface area contributed by atoms with Crippen molar-refractivity contribution in [1.82, 2.24) is 4.90 Å². The standard InChI is InChI=1S/C10H17NO3S/c1-9(2,3)7-11(6-12)10(4,5-15-7)8(13)14/h6-7H,5H2,1-4H3,(H,13,14)/t7-,10+/m0/s1. The van der Waals surface area contributed by atoms with Crippen molar-refractivity contribution in [2.75, 3.05) is 5.75 Å². The average Bonchev–Trinajstić information content (AvgIpc) is 2.43. The van der Waals surface area contributed by atoms with Crippen LogP contribution in [0.1, 0.15) is 27.7 Å². The molecule has 0 spiro atoms. The maximum atomic E-state index is 11.2. The first-order valence-electron chi connectivity index (χ1n) is 4.82. The molecule has 4 nitrogen and oxygen atoms in total. The van der Waals surface area contributed by atoms with Crippen LogP contribution in [0, 0.1) is 5.41 Å². The van der Waals surface area contributed by atoms with Crippen molar-refractivity contribution < 1.29 is 14.7 Å². The summed E-state index contributed by atoms with van der Waals surface area (Å²) in [5.41, 5.74) is -1.18. The first-order chi connectivity index (χ1) is 6.73. The van der Waals surface area contributed by atoms with Crippen LogP contribution < -0.4 is 0 Å². The van der Waals surface area contributed by atoms with E-state index in [1.54, 1.807) is 6.92 Å². The largest absolute Gasteiger partial charge is 0.479 e. The predicted molar refractivity (Wildman–Crippen MR) is 59.6 cm³/mol. The van der Waals surface area contributed by atoms with E-state index in [-0.39, 0.29) is 10.8 Å². The average molecular weight is 231 g/mol. The van der Waals surface area contributed by atoms with Gasteiger partial charge in [0.15, 0.2) is 0 Å². The summed E-state index contributed by atoms with van der Waals surface area (Å²) in [6, 6.07) is 0. The highest BCUT2D eigenvalue weighted by atomic mass is 32.2. The van der Waals surface area contributed by atoms with Crippen LogP contribution in [0.5, 0.6) is 0 Å². The Kier molecular flexibility index (Phi) is 3.05. The maximum absolute atomic E-state index is 11.2. The fourth-order valence-electron chi connectivity index (χ4n) is 1.67. The molecule has 1 N–H and O–H groups in total. The molecule has 86 valence electrons. The van der Waals surface area contributed by atoms with Crippen molar-refractivity contribution >= 4 is 24.1 Å². The molecule has 1 amide bonds. The molecule has 1 heterocycles. The third kappa shape index (κ3) is 1.97. The van der Waals surface area contributed by atoms with Crippen LogP contribution in [0.2, 0.25) is 0 Å². The molecule has 0 unspecified atom stereocenters. The first-order valence-corrected chi connectivity index (χ1v) is 5.87. The van der Waals surface area contributed by atoms with Gasteiger partial charge in [0.2, 0.25) is 6.41 Å². The minimum atomic E-state index is -1.07. The monoisotopic (exact) mass is 231 g/mol.